The van der Waals surface area contributed by atoms with Gasteiger partial charge in [0.05, 0.1) is 25.4 Å². The van der Waals surface area contributed by atoms with Crippen molar-refractivity contribution >= 4 is 6.03 Å². The second kappa shape index (κ2) is 5.35. The SMILES string of the molecule is NC1(CNC(=O)N[C@@H]2COC[C@H]2O)C2CC3CC(C2)CC1C3. The molecule has 22 heavy (non-hydrogen) atoms. The van der Waals surface area contributed by atoms with Crippen molar-refractivity contribution in [3.8, 4) is 0 Å². The van der Waals surface area contributed by atoms with Gasteiger partial charge in [-0.1, -0.05) is 0 Å². The molecule has 6 nitrogen and oxygen atoms in total. The Morgan fingerprint density at radius 2 is 1.77 bits per heavy atom. The zero-order valence-electron chi connectivity index (χ0n) is 13.0. The van der Waals surface area contributed by atoms with E-state index in [0.717, 1.165) is 11.8 Å². The normalized spacial score (nSPS) is 49.4. The monoisotopic (exact) mass is 309 g/mol. The highest BCUT2D eigenvalue weighted by atomic mass is 16.5. The van der Waals surface area contributed by atoms with Crippen LogP contribution < -0.4 is 16.4 Å². The van der Waals surface area contributed by atoms with E-state index in [0.29, 0.717) is 31.6 Å². The maximum atomic E-state index is 12.1. The summed E-state index contributed by atoms with van der Waals surface area (Å²) in [5.74, 6) is 2.87. The van der Waals surface area contributed by atoms with Crippen LogP contribution in [0.3, 0.4) is 0 Å². The molecular formula is C16H27N3O3. The number of aliphatic hydroxyl groups excluding tert-OH is 1. The van der Waals surface area contributed by atoms with Crippen LogP contribution in [0, 0.1) is 23.7 Å². The van der Waals surface area contributed by atoms with Gasteiger partial charge in [0, 0.05) is 12.1 Å². The Morgan fingerprint density at radius 3 is 2.32 bits per heavy atom. The van der Waals surface area contributed by atoms with E-state index >= 15 is 0 Å². The minimum absolute atomic E-state index is 0.241. The summed E-state index contributed by atoms with van der Waals surface area (Å²) in [7, 11) is 0. The topological polar surface area (TPSA) is 96.6 Å². The van der Waals surface area contributed by atoms with Gasteiger partial charge >= 0.3 is 6.03 Å². The quantitative estimate of drug-likeness (QED) is 0.599. The van der Waals surface area contributed by atoms with Crippen molar-refractivity contribution in [2.24, 2.45) is 29.4 Å². The number of rotatable bonds is 3. The molecule has 6 heteroatoms. The predicted molar refractivity (Wildman–Crippen MR) is 81.1 cm³/mol. The zero-order chi connectivity index (χ0) is 15.3. The van der Waals surface area contributed by atoms with E-state index in [1.807, 2.05) is 0 Å². The Balaban J connectivity index is 1.34. The summed E-state index contributed by atoms with van der Waals surface area (Å²) >= 11 is 0. The van der Waals surface area contributed by atoms with Crippen molar-refractivity contribution in [1.82, 2.24) is 10.6 Å². The van der Waals surface area contributed by atoms with Crippen LogP contribution >= 0.6 is 0 Å². The van der Waals surface area contributed by atoms with Crippen molar-refractivity contribution < 1.29 is 14.6 Å². The van der Waals surface area contributed by atoms with Crippen LogP contribution in [0.5, 0.6) is 0 Å². The van der Waals surface area contributed by atoms with Gasteiger partial charge in [-0.3, -0.25) is 0 Å². The molecule has 0 radical (unpaired) electrons. The van der Waals surface area contributed by atoms with Crippen LogP contribution in [-0.2, 0) is 4.74 Å². The van der Waals surface area contributed by atoms with Gasteiger partial charge < -0.3 is 26.2 Å². The molecule has 5 fully saturated rings. The van der Waals surface area contributed by atoms with Crippen LogP contribution in [0.1, 0.15) is 32.1 Å². The Kier molecular flexibility index (Phi) is 3.58. The summed E-state index contributed by atoms with van der Waals surface area (Å²) < 4.78 is 5.14. The number of hydrogen-bond acceptors (Lipinski definition) is 4. The number of nitrogens with two attached hydrogens (primary N) is 1. The first-order chi connectivity index (χ1) is 10.5. The van der Waals surface area contributed by atoms with E-state index < -0.39 is 6.10 Å². The van der Waals surface area contributed by atoms with Crippen LogP contribution in [0.2, 0.25) is 0 Å². The number of carbonyl (C=O) groups is 1. The van der Waals surface area contributed by atoms with E-state index in [4.69, 9.17) is 10.5 Å². The van der Waals surface area contributed by atoms with E-state index in [9.17, 15) is 9.90 Å². The standard InChI is InChI=1S/C16H27N3O3/c17-16(8-18-15(21)19-13-6-22-7-14(13)20)11-2-9-1-10(4-11)5-12(16)3-9/h9-14,20H,1-8,17H2,(H2,18,19,21)/t9?,10?,11?,12?,13-,14-,16?/m1/s1. The average molecular weight is 309 g/mol. The lowest BCUT2D eigenvalue weighted by atomic mass is 9.49. The molecular weight excluding hydrogens is 282 g/mol. The molecule has 1 aliphatic heterocycles. The fourth-order valence-electron chi connectivity index (χ4n) is 5.48. The highest BCUT2D eigenvalue weighted by Gasteiger charge is 2.55. The number of ether oxygens (including phenoxy) is 1. The number of carbonyl (C=O) groups excluding carboxylic acids is 1. The van der Waals surface area contributed by atoms with E-state index in [2.05, 4.69) is 10.6 Å². The van der Waals surface area contributed by atoms with Gasteiger partial charge in [-0.05, 0) is 55.8 Å². The van der Waals surface area contributed by atoms with Gasteiger partial charge in [-0.2, -0.15) is 0 Å². The lowest BCUT2D eigenvalue weighted by Gasteiger charge is -2.59. The molecule has 0 aromatic carbocycles. The molecule has 2 amide bonds. The minimum atomic E-state index is -0.612. The van der Waals surface area contributed by atoms with E-state index in [1.165, 1.54) is 32.1 Å². The number of urea groups is 1. The number of hydrogen-bond donors (Lipinski definition) is 4. The Labute approximate surface area is 131 Å². The maximum absolute atomic E-state index is 12.1. The van der Waals surface area contributed by atoms with Gasteiger partial charge in [-0.15, -0.1) is 0 Å². The lowest BCUT2D eigenvalue weighted by molar-refractivity contribution is -0.0530. The molecule has 0 aromatic heterocycles. The molecule has 4 saturated carbocycles. The third-order valence-corrected chi connectivity index (χ3v) is 6.58. The summed E-state index contributed by atoms with van der Waals surface area (Å²) in [5.41, 5.74) is 6.52. The summed E-state index contributed by atoms with van der Waals surface area (Å²) in [6.45, 7) is 1.20. The van der Waals surface area contributed by atoms with Gasteiger partial charge in [-0.25, -0.2) is 4.79 Å². The summed E-state index contributed by atoms with van der Waals surface area (Å²) in [6.07, 6.45) is 5.74. The molecule has 1 saturated heterocycles. The predicted octanol–water partition coefficient (Wildman–Crippen LogP) is 0.199. The highest BCUT2D eigenvalue weighted by molar-refractivity contribution is 5.74. The molecule has 2 atom stereocenters. The molecule has 1 heterocycles. The van der Waals surface area contributed by atoms with E-state index in [1.54, 1.807) is 0 Å². The zero-order valence-corrected chi connectivity index (χ0v) is 13.0. The lowest BCUT2D eigenvalue weighted by Crippen LogP contribution is -2.67. The number of amides is 2. The van der Waals surface area contributed by atoms with Crippen LogP contribution in [0.4, 0.5) is 4.79 Å². The first-order valence-electron chi connectivity index (χ1n) is 8.63. The Hall–Kier alpha value is -0.850. The molecule has 0 unspecified atom stereocenters. The second-order valence-electron chi connectivity index (χ2n) is 7.96. The van der Waals surface area contributed by atoms with Crippen LogP contribution in [-0.4, -0.2) is 48.6 Å². The fraction of sp³-hybridized carbons (Fsp3) is 0.938. The summed E-state index contributed by atoms with van der Waals surface area (Å²) in [6, 6.07) is -0.555. The largest absolute Gasteiger partial charge is 0.388 e. The first-order valence-corrected chi connectivity index (χ1v) is 8.63. The number of nitrogens with one attached hydrogen (secondary N) is 2. The molecule has 5 rings (SSSR count). The Morgan fingerprint density at radius 1 is 1.14 bits per heavy atom. The third kappa shape index (κ3) is 2.41. The van der Waals surface area contributed by atoms with Crippen molar-refractivity contribution in [2.45, 2.75) is 49.8 Å². The maximum Gasteiger partial charge on any atom is 0.315 e. The molecule has 4 aliphatic carbocycles. The molecule has 0 spiro atoms. The van der Waals surface area contributed by atoms with Gasteiger partial charge in [0.2, 0.25) is 0 Å². The molecule has 5 N–H and O–H groups in total. The van der Waals surface area contributed by atoms with Crippen molar-refractivity contribution in [3.63, 3.8) is 0 Å². The Bertz CT molecular complexity index is 428. The average Bonchev–Trinajstić information content (AvgIpc) is 2.87. The number of aliphatic hydroxyl groups is 1. The van der Waals surface area contributed by atoms with Gasteiger partial charge in [0.1, 0.15) is 0 Å². The molecule has 0 aromatic rings. The molecule has 5 aliphatic rings. The van der Waals surface area contributed by atoms with Crippen molar-refractivity contribution in [2.75, 3.05) is 19.8 Å². The molecule has 124 valence electrons. The van der Waals surface area contributed by atoms with Crippen molar-refractivity contribution in [3.05, 3.63) is 0 Å². The smallest absolute Gasteiger partial charge is 0.315 e. The van der Waals surface area contributed by atoms with Gasteiger partial charge in [0.25, 0.3) is 0 Å². The van der Waals surface area contributed by atoms with Crippen LogP contribution in [0.15, 0.2) is 0 Å². The third-order valence-electron chi connectivity index (χ3n) is 6.58. The van der Waals surface area contributed by atoms with E-state index in [-0.39, 0.29) is 17.6 Å². The molecule has 4 bridgehead atoms. The highest BCUT2D eigenvalue weighted by Crippen LogP contribution is 2.57. The second-order valence-corrected chi connectivity index (χ2v) is 7.96. The van der Waals surface area contributed by atoms with Crippen molar-refractivity contribution in [1.29, 1.82) is 0 Å². The van der Waals surface area contributed by atoms with Gasteiger partial charge in [0.15, 0.2) is 0 Å². The summed E-state index contributed by atoms with van der Waals surface area (Å²) in [5, 5.41) is 15.4. The van der Waals surface area contributed by atoms with Crippen LogP contribution in [0.25, 0.3) is 0 Å². The first kappa shape index (κ1) is 14.7. The minimum Gasteiger partial charge on any atom is -0.388 e. The fourth-order valence-corrected chi connectivity index (χ4v) is 5.48. The summed E-state index contributed by atoms with van der Waals surface area (Å²) in [4.78, 5) is 12.1.